The first-order valence-corrected chi connectivity index (χ1v) is 8.67. The normalized spacial score (nSPS) is 15.2. The number of hydrogen-bond donors (Lipinski definition) is 0. The third-order valence-electron chi connectivity index (χ3n) is 4.76. The second-order valence-electron chi connectivity index (χ2n) is 6.53. The minimum Gasteiger partial charge on any atom is -0.372 e. The number of halogens is 1. The summed E-state index contributed by atoms with van der Waals surface area (Å²) >= 11 is 0. The molecule has 0 saturated heterocycles. The molecule has 1 aromatic carbocycles. The molecule has 0 unspecified atom stereocenters. The molecule has 1 aliphatic rings. The number of anilines is 1. The van der Waals surface area contributed by atoms with Crippen LogP contribution in [0.15, 0.2) is 42.5 Å². The fourth-order valence-corrected chi connectivity index (χ4v) is 3.37. The highest BCUT2D eigenvalue weighted by atomic mass is 35.5. The summed E-state index contributed by atoms with van der Waals surface area (Å²) in [6.07, 6.45) is 11.0. The standard InChI is InChI=1S/C21H26N2.ClH/c1-17-8-6-10-19(22-17)15-14-18-9-7-13-21(16-18)23(2)20-11-4-3-5-12-20;/h6-10,13-16,20H,3-5,11-12H2,1-2H3;1H. The molecular formula is C21H27ClN2. The van der Waals surface area contributed by atoms with Gasteiger partial charge < -0.3 is 4.90 Å². The van der Waals surface area contributed by atoms with E-state index in [9.17, 15) is 0 Å². The average Bonchev–Trinajstić information content (AvgIpc) is 2.60. The highest BCUT2D eigenvalue weighted by Gasteiger charge is 2.18. The summed E-state index contributed by atoms with van der Waals surface area (Å²) in [7, 11) is 2.24. The number of aryl methyl sites for hydroxylation is 1. The minimum atomic E-state index is 0. The molecule has 1 saturated carbocycles. The Balaban J connectivity index is 0.00000208. The van der Waals surface area contributed by atoms with Crippen LogP contribution in [0.5, 0.6) is 0 Å². The Morgan fingerprint density at radius 3 is 2.50 bits per heavy atom. The molecule has 0 radical (unpaired) electrons. The zero-order valence-corrected chi connectivity index (χ0v) is 15.4. The van der Waals surface area contributed by atoms with E-state index in [1.54, 1.807) is 0 Å². The van der Waals surface area contributed by atoms with Crippen LogP contribution < -0.4 is 4.90 Å². The molecule has 1 heterocycles. The first-order chi connectivity index (χ1) is 11.2. The van der Waals surface area contributed by atoms with E-state index >= 15 is 0 Å². The second-order valence-corrected chi connectivity index (χ2v) is 6.53. The van der Waals surface area contributed by atoms with Crippen molar-refractivity contribution in [3.05, 3.63) is 59.4 Å². The predicted molar refractivity (Wildman–Crippen MR) is 107 cm³/mol. The number of rotatable bonds is 4. The summed E-state index contributed by atoms with van der Waals surface area (Å²) in [6, 6.07) is 15.6. The molecular weight excluding hydrogens is 316 g/mol. The van der Waals surface area contributed by atoms with Gasteiger partial charge in [0.15, 0.2) is 0 Å². The molecule has 3 rings (SSSR count). The van der Waals surface area contributed by atoms with E-state index in [-0.39, 0.29) is 12.4 Å². The van der Waals surface area contributed by atoms with E-state index in [0.717, 1.165) is 11.4 Å². The highest BCUT2D eigenvalue weighted by Crippen LogP contribution is 2.26. The fourth-order valence-electron chi connectivity index (χ4n) is 3.37. The summed E-state index contributed by atoms with van der Waals surface area (Å²) in [6.45, 7) is 2.02. The van der Waals surface area contributed by atoms with Crippen molar-refractivity contribution in [3.8, 4) is 0 Å². The van der Waals surface area contributed by atoms with Crippen LogP contribution in [-0.4, -0.2) is 18.1 Å². The summed E-state index contributed by atoms with van der Waals surface area (Å²) in [4.78, 5) is 6.98. The highest BCUT2D eigenvalue weighted by molar-refractivity contribution is 5.85. The molecule has 2 aromatic rings. The molecule has 0 spiro atoms. The van der Waals surface area contributed by atoms with Gasteiger partial charge in [0, 0.05) is 24.5 Å². The van der Waals surface area contributed by atoms with Crippen molar-refractivity contribution < 1.29 is 0 Å². The Morgan fingerprint density at radius 1 is 1.00 bits per heavy atom. The van der Waals surface area contributed by atoms with Gasteiger partial charge in [-0.15, -0.1) is 12.4 Å². The summed E-state index contributed by atoms with van der Waals surface area (Å²) < 4.78 is 0. The molecule has 128 valence electrons. The summed E-state index contributed by atoms with van der Waals surface area (Å²) in [5.41, 5.74) is 4.61. The zero-order chi connectivity index (χ0) is 16.1. The molecule has 0 bridgehead atoms. The van der Waals surface area contributed by atoms with Crippen molar-refractivity contribution >= 4 is 30.2 Å². The number of benzene rings is 1. The molecule has 1 aromatic heterocycles. The van der Waals surface area contributed by atoms with Crippen LogP contribution in [0.1, 0.15) is 49.1 Å². The van der Waals surface area contributed by atoms with Crippen LogP contribution in [-0.2, 0) is 0 Å². The summed E-state index contributed by atoms with van der Waals surface area (Å²) in [5, 5.41) is 0. The molecule has 1 fully saturated rings. The zero-order valence-electron chi connectivity index (χ0n) is 14.6. The third kappa shape index (κ3) is 4.85. The van der Waals surface area contributed by atoms with Gasteiger partial charge in [0.05, 0.1) is 5.69 Å². The molecule has 0 amide bonds. The van der Waals surface area contributed by atoms with Crippen LogP contribution in [0.4, 0.5) is 5.69 Å². The van der Waals surface area contributed by atoms with E-state index in [1.807, 2.05) is 19.1 Å². The lowest BCUT2D eigenvalue weighted by Crippen LogP contribution is -2.33. The molecule has 2 nitrogen and oxygen atoms in total. The van der Waals surface area contributed by atoms with Crippen LogP contribution in [0.3, 0.4) is 0 Å². The second kappa shape index (κ2) is 8.89. The van der Waals surface area contributed by atoms with Crippen LogP contribution >= 0.6 is 12.4 Å². The van der Waals surface area contributed by atoms with Gasteiger partial charge >= 0.3 is 0 Å². The Labute approximate surface area is 152 Å². The van der Waals surface area contributed by atoms with Gasteiger partial charge in [-0.25, -0.2) is 0 Å². The maximum absolute atomic E-state index is 4.52. The van der Waals surface area contributed by atoms with Crippen molar-refractivity contribution in [1.29, 1.82) is 0 Å². The van der Waals surface area contributed by atoms with Gasteiger partial charge in [-0.3, -0.25) is 4.98 Å². The lowest BCUT2D eigenvalue weighted by Gasteiger charge is -2.33. The number of hydrogen-bond acceptors (Lipinski definition) is 2. The fraction of sp³-hybridized carbons (Fsp3) is 0.381. The largest absolute Gasteiger partial charge is 0.372 e. The van der Waals surface area contributed by atoms with Gasteiger partial charge in [-0.1, -0.05) is 43.5 Å². The average molecular weight is 343 g/mol. The SMILES string of the molecule is Cc1cccc(C=Cc2cccc(N(C)C3CCCCC3)c2)n1.Cl. The van der Waals surface area contributed by atoms with Gasteiger partial charge in [0.2, 0.25) is 0 Å². The van der Waals surface area contributed by atoms with E-state index < -0.39 is 0 Å². The lowest BCUT2D eigenvalue weighted by molar-refractivity contribution is 0.427. The van der Waals surface area contributed by atoms with E-state index in [1.165, 1.54) is 43.4 Å². The lowest BCUT2D eigenvalue weighted by atomic mass is 9.94. The third-order valence-corrected chi connectivity index (χ3v) is 4.76. The van der Waals surface area contributed by atoms with Crippen molar-refractivity contribution in [2.45, 2.75) is 45.1 Å². The number of pyridine rings is 1. The monoisotopic (exact) mass is 342 g/mol. The van der Waals surface area contributed by atoms with Crippen molar-refractivity contribution in [2.24, 2.45) is 0 Å². The van der Waals surface area contributed by atoms with Gasteiger partial charge in [0.1, 0.15) is 0 Å². The van der Waals surface area contributed by atoms with E-state index in [0.29, 0.717) is 6.04 Å². The smallest absolute Gasteiger partial charge is 0.0633 e. The summed E-state index contributed by atoms with van der Waals surface area (Å²) in [5.74, 6) is 0. The first-order valence-electron chi connectivity index (χ1n) is 8.67. The Kier molecular flexibility index (Phi) is 6.86. The quantitative estimate of drug-likeness (QED) is 0.703. The van der Waals surface area contributed by atoms with Crippen molar-refractivity contribution in [3.63, 3.8) is 0 Å². The molecule has 24 heavy (non-hydrogen) atoms. The topological polar surface area (TPSA) is 16.1 Å². The van der Waals surface area contributed by atoms with Crippen LogP contribution in [0.25, 0.3) is 12.2 Å². The van der Waals surface area contributed by atoms with Crippen LogP contribution in [0, 0.1) is 6.92 Å². The maximum atomic E-state index is 4.52. The number of nitrogens with zero attached hydrogens (tertiary/aromatic N) is 2. The van der Waals surface area contributed by atoms with E-state index in [2.05, 4.69) is 59.4 Å². The van der Waals surface area contributed by atoms with Crippen LogP contribution in [0.2, 0.25) is 0 Å². The number of aromatic nitrogens is 1. The van der Waals surface area contributed by atoms with Gasteiger partial charge in [0.25, 0.3) is 0 Å². The first kappa shape index (κ1) is 18.5. The van der Waals surface area contributed by atoms with Gasteiger partial charge in [-0.05, 0) is 55.7 Å². The Bertz CT molecular complexity index is 675. The predicted octanol–water partition coefficient (Wildman–Crippen LogP) is 5.75. The maximum Gasteiger partial charge on any atom is 0.0633 e. The van der Waals surface area contributed by atoms with E-state index in [4.69, 9.17) is 0 Å². The van der Waals surface area contributed by atoms with Crippen molar-refractivity contribution in [1.82, 2.24) is 4.98 Å². The molecule has 0 aliphatic heterocycles. The molecule has 0 N–H and O–H groups in total. The molecule has 3 heteroatoms. The van der Waals surface area contributed by atoms with Gasteiger partial charge in [-0.2, -0.15) is 0 Å². The Hall–Kier alpha value is -1.80. The molecule has 0 atom stereocenters. The molecule has 1 aliphatic carbocycles. The Morgan fingerprint density at radius 2 is 1.75 bits per heavy atom. The minimum absolute atomic E-state index is 0. The van der Waals surface area contributed by atoms with Crippen molar-refractivity contribution in [2.75, 3.05) is 11.9 Å².